The van der Waals surface area contributed by atoms with Gasteiger partial charge in [0.2, 0.25) is 0 Å². The summed E-state index contributed by atoms with van der Waals surface area (Å²) in [6, 6.07) is 3.69. The van der Waals surface area contributed by atoms with E-state index in [2.05, 4.69) is 30.0 Å². The second kappa shape index (κ2) is 9.19. The summed E-state index contributed by atoms with van der Waals surface area (Å²) in [6.45, 7) is 9.48. The van der Waals surface area contributed by atoms with Crippen LogP contribution < -0.4 is 16.2 Å². The second-order valence-electron chi connectivity index (χ2n) is 7.24. The maximum atomic E-state index is 12.5. The number of hydrogen-bond donors (Lipinski definition) is 4. The predicted octanol–water partition coefficient (Wildman–Crippen LogP) is 2.93. The number of hydrazine groups is 1. The van der Waals surface area contributed by atoms with Crippen LogP contribution in [0.3, 0.4) is 0 Å². The lowest BCUT2D eigenvalue weighted by molar-refractivity contribution is 0.0940. The fraction of sp³-hybridized carbons (Fsp3) is 0.579. The maximum Gasteiger partial charge on any atom is 0.273 e. The maximum absolute atomic E-state index is 12.5. The number of phenolic OH excluding ortho intramolecular Hbond substituents is 1. The van der Waals surface area contributed by atoms with Crippen molar-refractivity contribution < 1.29 is 14.6 Å². The molecule has 0 saturated carbocycles. The summed E-state index contributed by atoms with van der Waals surface area (Å²) in [5.41, 5.74) is 7.26. The molecule has 0 aliphatic carbocycles. The Morgan fingerprint density at radius 2 is 2.00 bits per heavy atom. The van der Waals surface area contributed by atoms with Crippen LogP contribution in [0.15, 0.2) is 12.1 Å². The molecular weight excluding hydrogens is 350 g/mol. The summed E-state index contributed by atoms with van der Waals surface area (Å²) in [5, 5.41) is 13.8. The third-order valence-corrected chi connectivity index (χ3v) is 4.75. The molecule has 0 bridgehead atoms. The standard InChI is InChI=1S/C19H29N3O3S/c1-11(2)13-8-15(12(3)4)17(23)16(9-13)18(24)21-22-19(26)20-10-14-6-5-7-25-14/h8-9,11-12,14,23H,5-7,10H2,1-4H3,(H,21,24)(H2,20,22,26)/t14-/m1/s1. The highest BCUT2D eigenvalue weighted by Gasteiger charge is 2.20. The highest BCUT2D eigenvalue weighted by molar-refractivity contribution is 7.80. The van der Waals surface area contributed by atoms with Gasteiger partial charge in [-0.3, -0.25) is 15.6 Å². The Hall–Kier alpha value is -1.86. The summed E-state index contributed by atoms with van der Waals surface area (Å²) in [4.78, 5) is 12.5. The summed E-state index contributed by atoms with van der Waals surface area (Å²) in [6.07, 6.45) is 2.23. The molecule has 0 unspecified atom stereocenters. The topological polar surface area (TPSA) is 82.6 Å². The van der Waals surface area contributed by atoms with Crippen LogP contribution in [0.5, 0.6) is 5.75 Å². The molecule has 1 amide bonds. The first-order chi connectivity index (χ1) is 12.3. The number of hydrogen-bond acceptors (Lipinski definition) is 4. The number of thiocarbonyl (C=S) groups is 1. The number of nitrogens with one attached hydrogen (secondary N) is 3. The Morgan fingerprint density at radius 3 is 2.58 bits per heavy atom. The van der Waals surface area contributed by atoms with Gasteiger partial charge in [0, 0.05) is 13.2 Å². The number of phenols is 1. The zero-order valence-corrected chi connectivity index (χ0v) is 16.7. The number of amides is 1. The number of carbonyl (C=O) groups excluding carboxylic acids is 1. The predicted molar refractivity (Wildman–Crippen MR) is 106 cm³/mol. The van der Waals surface area contributed by atoms with Gasteiger partial charge in [-0.05, 0) is 54.1 Å². The van der Waals surface area contributed by atoms with Gasteiger partial charge in [0.15, 0.2) is 5.11 Å². The summed E-state index contributed by atoms with van der Waals surface area (Å²) in [7, 11) is 0. The monoisotopic (exact) mass is 379 g/mol. The third-order valence-electron chi connectivity index (χ3n) is 4.50. The zero-order valence-electron chi connectivity index (χ0n) is 15.9. The first-order valence-electron chi connectivity index (χ1n) is 9.12. The van der Waals surface area contributed by atoms with Crippen LogP contribution in [0.2, 0.25) is 0 Å². The minimum absolute atomic E-state index is 0.0157. The van der Waals surface area contributed by atoms with Gasteiger partial charge in [-0.2, -0.15) is 0 Å². The van der Waals surface area contributed by atoms with Crippen molar-refractivity contribution in [2.24, 2.45) is 0 Å². The molecule has 2 rings (SSSR count). The number of ether oxygens (including phenoxy) is 1. The molecule has 1 fully saturated rings. The normalized spacial score (nSPS) is 16.8. The van der Waals surface area contributed by atoms with Crippen molar-refractivity contribution in [2.45, 2.75) is 58.5 Å². The van der Waals surface area contributed by atoms with E-state index in [4.69, 9.17) is 17.0 Å². The molecule has 1 heterocycles. The van der Waals surface area contributed by atoms with E-state index < -0.39 is 5.91 Å². The molecular formula is C19H29N3O3S. The molecule has 6 nitrogen and oxygen atoms in total. The molecule has 4 N–H and O–H groups in total. The minimum Gasteiger partial charge on any atom is -0.507 e. The lowest BCUT2D eigenvalue weighted by Crippen LogP contribution is -2.48. The molecule has 0 spiro atoms. The molecule has 26 heavy (non-hydrogen) atoms. The van der Waals surface area contributed by atoms with Crippen LogP contribution in [-0.4, -0.2) is 35.4 Å². The Morgan fingerprint density at radius 1 is 1.27 bits per heavy atom. The van der Waals surface area contributed by atoms with E-state index in [1.54, 1.807) is 6.07 Å². The zero-order chi connectivity index (χ0) is 19.3. The van der Waals surface area contributed by atoms with Gasteiger partial charge in [0.1, 0.15) is 5.75 Å². The minimum atomic E-state index is -0.423. The summed E-state index contributed by atoms with van der Waals surface area (Å²) in [5.74, 6) is -0.0424. The third kappa shape index (κ3) is 5.32. The fourth-order valence-corrected chi connectivity index (χ4v) is 3.00. The lowest BCUT2D eigenvalue weighted by atomic mass is 9.92. The fourth-order valence-electron chi connectivity index (χ4n) is 2.86. The molecule has 1 aliphatic rings. The highest BCUT2D eigenvalue weighted by atomic mass is 32.1. The van der Waals surface area contributed by atoms with Crippen LogP contribution >= 0.6 is 12.2 Å². The Labute approximate surface area is 160 Å². The number of rotatable bonds is 5. The van der Waals surface area contributed by atoms with E-state index in [1.165, 1.54) is 0 Å². The van der Waals surface area contributed by atoms with Crippen molar-refractivity contribution in [1.82, 2.24) is 16.2 Å². The van der Waals surface area contributed by atoms with E-state index >= 15 is 0 Å². The number of benzene rings is 1. The molecule has 1 aromatic carbocycles. The lowest BCUT2D eigenvalue weighted by Gasteiger charge is -2.18. The average Bonchev–Trinajstić information content (AvgIpc) is 3.11. The van der Waals surface area contributed by atoms with Crippen LogP contribution in [0.4, 0.5) is 0 Å². The molecule has 1 saturated heterocycles. The molecule has 1 aromatic rings. The van der Waals surface area contributed by atoms with E-state index in [1.807, 2.05) is 19.9 Å². The second-order valence-corrected chi connectivity index (χ2v) is 7.65. The largest absolute Gasteiger partial charge is 0.507 e. The van der Waals surface area contributed by atoms with E-state index in [-0.39, 0.29) is 29.3 Å². The first kappa shape index (κ1) is 20.5. The van der Waals surface area contributed by atoms with Crippen LogP contribution in [-0.2, 0) is 4.74 Å². The van der Waals surface area contributed by atoms with Gasteiger partial charge in [0.05, 0.1) is 11.7 Å². The molecule has 1 atom stereocenters. The molecule has 7 heteroatoms. The smallest absolute Gasteiger partial charge is 0.273 e. The van der Waals surface area contributed by atoms with E-state index in [0.29, 0.717) is 11.7 Å². The van der Waals surface area contributed by atoms with Gasteiger partial charge in [-0.15, -0.1) is 0 Å². The van der Waals surface area contributed by atoms with Gasteiger partial charge >= 0.3 is 0 Å². The van der Waals surface area contributed by atoms with Crippen LogP contribution in [0.25, 0.3) is 0 Å². The van der Waals surface area contributed by atoms with Crippen molar-refractivity contribution in [3.63, 3.8) is 0 Å². The highest BCUT2D eigenvalue weighted by Crippen LogP contribution is 2.32. The number of aromatic hydroxyl groups is 1. The van der Waals surface area contributed by atoms with Crippen LogP contribution in [0.1, 0.15) is 73.9 Å². The van der Waals surface area contributed by atoms with Gasteiger partial charge in [-0.25, -0.2) is 0 Å². The molecule has 144 valence electrons. The molecule has 0 aromatic heterocycles. The quantitative estimate of drug-likeness (QED) is 0.465. The van der Waals surface area contributed by atoms with Crippen molar-refractivity contribution in [2.75, 3.05) is 13.2 Å². The van der Waals surface area contributed by atoms with Crippen LogP contribution in [0, 0.1) is 0 Å². The first-order valence-corrected chi connectivity index (χ1v) is 9.53. The Balaban J connectivity index is 2.00. The number of carbonyl (C=O) groups is 1. The van der Waals surface area contributed by atoms with Crippen molar-refractivity contribution in [3.05, 3.63) is 28.8 Å². The van der Waals surface area contributed by atoms with Gasteiger partial charge < -0.3 is 15.2 Å². The van der Waals surface area contributed by atoms with Gasteiger partial charge in [0.25, 0.3) is 5.91 Å². The Kier molecular flexibility index (Phi) is 7.23. The molecule has 0 radical (unpaired) electrons. The van der Waals surface area contributed by atoms with Crippen molar-refractivity contribution >= 4 is 23.2 Å². The Bertz CT molecular complexity index is 656. The van der Waals surface area contributed by atoms with E-state index in [0.717, 1.165) is 30.6 Å². The van der Waals surface area contributed by atoms with Gasteiger partial charge in [-0.1, -0.05) is 33.8 Å². The average molecular weight is 380 g/mol. The summed E-state index contributed by atoms with van der Waals surface area (Å²) >= 11 is 5.17. The van der Waals surface area contributed by atoms with Crippen molar-refractivity contribution in [3.8, 4) is 5.75 Å². The molecule has 1 aliphatic heterocycles. The SMILES string of the molecule is CC(C)c1cc(C(=O)NNC(=S)NC[C@H]2CCCO2)c(O)c(C(C)C)c1. The summed E-state index contributed by atoms with van der Waals surface area (Å²) < 4.78 is 5.51. The van der Waals surface area contributed by atoms with E-state index in [9.17, 15) is 9.90 Å². The van der Waals surface area contributed by atoms with Crippen molar-refractivity contribution in [1.29, 1.82) is 0 Å².